The van der Waals surface area contributed by atoms with Gasteiger partial charge in [0.15, 0.2) is 0 Å². The second-order valence-corrected chi connectivity index (χ2v) is 7.91. The highest BCUT2D eigenvalue weighted by atomic mass is 16.4. The average Bonchev–Trinajstić information content (AvgIpc) is 2.49. The van der Waals surface area contributed by atoms with E-state index in [1.807, 2.05) is 6.92 Å². The first-order chi connectivity index (χ1) is 10.7. The summed E-state index contributed by atoms with van der Waals surface area (Å²) in [6, 6.07) is 0. The molecule has 2 fully saturated rings. The van der Waals surface area contributed by atoms with Gasteiger partial charge >= 0.3 is 5.97 Å². The molecule has 2 rings (SSSR count). The van der Waals surface area contributed by atoms with Crippen LogP contribution in [-0.2, 0) is 4.79 Å². The second kappa shape index (κ2) is 6.27. The van der Waals surface area contributed by atoms with Crippen molar-refractivity contribution in [3.05, 3.63) is 37.0 Å². The third kappa shape index (κ3) is 2.91. The fourth-order valence-electron chi connectivity index (χ4n) is 5.15. The molecular formula is C20H30O3. The topological polar surface area (TPSA) is 57.5 Å². The van der Waals surface area contributed by atoms with Crippen LogP contribution in [0.4, 0.5) is 0 Å². The number of allylic oxidation sites excluding steroid dienone is 1. The van der Waals surface area contributed by atoms with Crippen LogP contribution in [0.25, 0.3) is 0 Å². The van der Waals surface area contributed by atoms with Gasteiger partial charge in [-0.2, -0.15) is 0 Å². The summed E-state index contributed by atoms with van der Waals surface area (Å²) in [5, 5.41) is 20.2. The number of carboxylic acid groups (broad SMARTS) is 1. The summed E-state index contributed by atoms with van der Waals surface area (Å²) in [6.07, 6.45) is 5.90. The number of aliphatic hydroxyl groups excluding tert-OH is 1. The molecule has 2 aliphatic carbocycles. The van der Waals surface area contributed by atoms with E-state index in [1.54, 1.807) is 6.08 Å². The maximum Gasteiger partial charge on any atom is 0.309 e. The van der Waals surface area contributed by atoms with E-state index in [2.05, 4.69) is 26.7 Å². The fourth-order valence-corrected chi connectivity index (χ4v) is 5.15. The minimum absolute atomic E-state index is 0.122. The Morgan fingerprint density at radius 3 is 2.65 bits per heavy atom. The molecule has 0 bridgehead atoms. The molecule has 0 saturated heterocycles. The molecule has 0 aromatic heterocycles. The average molecular weight is 318 g/mol. The molecular weight excluding hydrogens is 288 g/mol. The summed E-state index contributed by atoms with van der Waals surface area (Å²) in [7, 11) is 0. The smallest absolute Gasteiger partial charge is 0.309 e. The zero-order chi connectivity index (χ0) is 17.4. The Kier molecular flexibility index (Phi) is 4.91. The fraction of sp³-hybridized carbons (Fsp3) is 0.650. The van der Waals surface area contributed by atoms with Crippen LogP contribution < -0.4 is 0 Å². The third-order valence-corrected chi connectivity index (χ3v) is 6.66. The van der Waals surface area contributed by atoms with Crippen LogP contribution in [-0.4, -0.2) is 22.3 Å². The lowest BCUT2D eigenvalue weighted by molar-refractivity contribution is -0.164. The van der Waals surface area contributed by atoms with Crippen LogP contribution in [0.3, 0.4) is 0 Å². The van der Waals surface area contributed by atoms with Gasteiger partial charge in [0.05, 0.1) is 11.5 Å². The van der Waals surface area contributed by atoms with E-state index in [-0.39, 0.29) is 17.3 Å². The maximum absolute atomic E-state index is 11.9. The van der Waals surface area contributed by atoms with Gasteiger partial charge in [-0.15, -0.1) is 0 Å². The monoisotopic (exact) mass is 318 g/mol. The van der Waals surface area contributed by atoms with Gasteiger partial charge in [0.2, 0.25) is 0 Å². The zero-order valence-corrected chi connectivity index (χ0v) is 14.5. The lowest BCUT2D eigenvalue weighted by Crippen LogP contribution is -2.53. The zero-order valence-electron chi connectivity index (χ0n) is 14.5. The number of hydrogen-bond donors (Lipinski definition) is 2. The third-order valence-electron chi connectivity index (χ3n) is 6.66. The number of rotatable bonds is 5. The van der Waals surface area contributed by atoms with E-state index in [0.29, 0.717) is 12.0 Å². The summed E-state index contributed by atoms with van der Waals surface area (Å²) < 4.78 is 0. The van der Waals surface area contributed by atoms with E-state index in [9.17, 15) is 15.0 Å². The lowest BCUT2D eigenvalue weighted by atomic mass is 9.46. The van der Waals surface area contributed by atoms with Crippen molar-refractivity contribution in [2.75, 3.05) is 0 Å². The highest BCUT2D eigenvalue weighted by molar-refractivity contribution is 5.75. The van der Waals surface area contributed by atoms with Gasteiger partial charge in [-0.25, -0.2) is 0 Å². The van der Waals surface area contributed by atoms with Crippen molar-refractivity contribution >= 4 is 5.97 Å². The summed E-state index contributed by atoms with van der Waals surface area (Å²) in [6.45, 7) is 15.9. The van der Waals surface area contributed by atoms with E-state index >= 15 is 0 Å². The number of hydrogen-bond acceptors (Lipinski definition) is 2. The maximum atomic E-state index is 11.9. The molecule has 0 unspecified atom stereocenters. The van der Waals surface area contributed by atoms with Crippen LogP contribution in [0.2, 0.25) is 0 Å². The van der Waals surface area contributed by atoms with Crippen molar-refractivity contribution < 1.29 is 15.0 Å². The van der Waals surface area contributed by atoms with Gasteiger partial charge in [0, 0.05) is 0 Å². The molecule has 3 heteroatoms. The lowest BCUT2D eigenvalue weighted by Gasteiger charge is -2.57. The van der Waals surface area contributed by atoms with Crippen LogP contribution in [0.5, 0.6) is 0 Å². The highest BCUT2D eigenvalue weighted by Crippen LogP contribution is 2.62. The number of carbonyl (C=O) groups is 1. The first kappa shape index (κ1) is 18.0. The Morgan fingerprint density at radius 1 is 1.43 bits per heavy atom. The molecule has 0 aromatic carbocycles. The molecule has 0 heterocycles. The van der Waals surface area contributed by atoms with Crippen LogP contribution in [0.15, 0.2) is 37.0 Å². The molecule has 128 valence electrons. The number of carboxylic acids is 1. The van der Waals surface area contributed by atoms with Gasteiger partial charge in [-0.05, 0) is 61.9 Å². The van der Waals surface area contributed by atoms with Gasteiger partial charge in [-0.3, -0.25) is 4.79 Å². The van der Waals surface area contributed by atoms with Crippen molar-refractivity contribution in [2.24, 2.45) is 22.7 Å². The molecule has 0 amide bonds. The van der Waals surface area contributed by atoms with Gasteiger partial charge < -0.3 is 10.2 Å². The Bertz CT molecular complexity index is 535. The second-order valence-electron chi connectivity index (χ2n) is 7.91. The molecule has 2 saturated carbocycles. The first-order valence-corrected chi connectivity index (χ1v) is 8.57. The van der Waals surface area contributed by atoms with E-state index in [4.69, 9.17) is 0 Å². The van der Waals surface area contributed by atoms with Crippen molar-refractivity contribution in [3.63, 3.8) is 0 Å². The quantitative estimate of drug-likeness (QED) is 0.585. The SMILES string of the molecule is C=CC(=C)[C@H](O)C[C@H]1C(=C)CC[C@@H]2[C@]1(C)CCC[C@@]2(C)C(=O)O. The van der Waals surface area contributed by atoms with Crippen molar-refractivity contribution in [2.45, 2.75) is 58.5 Å². The Labute approximate surface area is 139 Å². The van der Waals surface area contributed by atoms with Crippen LogP contribution in [0.1, 0.15) is 52.4 Å². The van der Waals surface area contributed by atoms with Crippen molar-refractivity contribution in [1.82, 2.24) is 0 Å². The van der Waals surface area contributed by atoms with Gasteiger partial charge in [0.1, 0.15) is 0 Å². The Morgan fingerprint density at radius 2 is 2.09 bits per heavy atom. The Hall–Kier alpha value is -1.35. The minimum atomic E-state index is -0.685. The molecule has 0 aromatic rings. The van der Waals surface area contributed by atoms with Crippen molar-refractivity contribution in [1.29, 1.82) is 0 Å². The predicted octanol–water partition coefficient (Wildman–Crippen LogP) is 4.34. The molecule has 23 heavy (non-hydrogen) atoms. The predicted molar refractivity (Wildman–Crippen MR) is 93.0 cm³/mol. The van der Waals surface area contributed by atoms with Gasteiger partial charge in [0.25, 0.3) is 0 Å². The molecule has 2 N–H and O–H groups in total. The van der Waals surface area contributed by atoms with Crippen molar-refractivity contribution in [3.8, 4) is 0 Å². The summed E-state index contributed by atoms with van der Waals surface area (Å²) >= 11 is 0. The molecule has 0 spiro atoms. The summed E-state index contributed by atoms with van der Waals surface area (Å²) in [4.78, 5) is 11.9. The molecule has 0 radical (unpaired) electrons. The number of fused-ring (bicyclic) bond motifs is 1. The van der Waals surface area contributed by atoms with Crippen LogP contribution >= 0.6 is 0 Å². The molecule has 3 nitrogen and oxygen atoms in total. The Balaban J connectivity index is 2.35. The van der Waals surface area contributed by atoms with E-state index < -0.39 is 17.5 Å². The normalized spacial score (nSPS) is 38.5. The molecule has 5 atom stereocenters. The van der Waals surface area contributed by atoms with E-state index in [0.717, 1.165) is 37.7 Å². The van der Waals surface area contributed by atoms with Gasteiger partial charge in [-0.1, -0.05) is 44.7 Å². The highest BCUT2D eigenvalue weighted by Gasteiger charge is 2.57. The minimum Gasteiger partial charge on any atom is -0.481 e. The van der Waals surface area contributed by atoms with Crippen LogP contribution in [0, 0.1) is 22.7 Å². The standard InChI is InChI=1S/C20H30O3/c1-6-13(2)16(21)12-15-14(3)8-9-17-19(15,4)10-7-11-20(17,5)18(22)23/h6,15-17,21H,1-3,7-12H2,4-5H3,(H,22,23)/t15-,16+,17+,19+,20+/m0/s1. The molecule has 0 aliphatic heterocycles. The molecule has 2 aliphatic rings. The summed E-state index contributed by atoms with van der Waals surface area (Å²) in [5.41, 5.74) is 0.977. The summed E-state index contributed by atoms with van der Waals surface area (Å²) in [5.74, 6) is -0.427. The van der Waals surface area contributed by atoms with E-state index in [1.165, 1.54) is 0 Å². The number of aliphatic carboxylic acids is 1. The first-order valence-electron chi connectivity index (χ1n) is 8.57. The largest absolute Gasteiger partial charge is 0.481 e. The number of aliphatic hydroxyl groups is 1.